The van der Waals surface area contributed by atoms with Crippen molar-refractivity contribution >= 4 is 5.97 Å². The highest BCUT2D eigenvalue weighted by atomic mass is 16.4. The van der Waals surface area contributed by atoms with Crippen LogP contribution in [0.3, 0.4) is 0 Å². The summed E-state index contributed by atoms with van der Waals surface area (Å²) in [5.41, 5.74) is 5.56. The van der Waals surface area contributed by atoms with Gasteiger partial charge >= 0.3 is 5.97 Å². The summed E-state index contributed by atoms with van der Waals surface area (Å²) < 4.78 is 0. The maximum absolute atomic E-state index is 10.4. The second-order valence-electron chi connectivity index (χ2n) is 3.10. The Morgan fingerprint density at radius 1 is 1.20 bits per heavy atom. The fraction of sp³-hybridized carbons (Fsp3) is 0.222. The van der Waals surface area contributed by atoms with Crippen LogP contribution in [0.25, 0.3) is 0 Å². The van der Waals surface area contributed by atoms with Crippen LogP contribution in [0.5, 0.6) is 17.2 Å². The normalized spacial score (nSPS) is 12.3. The van der Waals surface area contributed by atoms with Gasteiger partial charge in [0, 0.05) is 17.7 Å². The highest BCUT2D eigenvalue weighted by molar-refractivity contribution is 5.68. The molecule has 6 heteroatoms. The molecule has 1 atom stereocenters. The van der Waals surface area contributed by atoms with Crippen LogP contribution in [0.15, 0.2) is 12.1 Å². The van der Waals surface area contributed by atoms with E-state index < -0.39 is 23.5 Å². The summed E-state index contributed by atoms with van der Waals surface area (Å²) in [6, 6.07) is 1.01. The monoisotopic (exact) mass is 213 g/mol. The second kappa shape index (κ2) is 4.05. The van der Waals surface area contributed by atoms with E-state index >= 15 is 0 Å². The van der Waals surface area contributed by atoms with E-state index in [0.717, 1.165) is 12.1 Å². The van der Waals surface area contributed by atoms with E-state index in [2.05, 4.69) is 0 Å². The van der Waals surface area contributed by atoms with E-state index in [9.17, 15) is 9.90 Å². The maximum atomic E-state index is 10.4. The van der Waals surface area contributed by atoms with Crippen molar-refractivity contribution in [1.29, 1.82) is 0 Å². The molecule has 0 saturated carbocycles. The van der Waals surface area contributed by atoms with Crippen LogP contribution in [0.1, 0.15) is 18.0 Å². The Balaban J connectivity index is 3.03. The molecule has 0 amide bonds. The lowest BCUT2D eigenvalue weighted by Crippen LogP contribution is -2.15. The van der Waals surface area contributed by atoms with Crippen LogP contribution in [-0.4, -0.2) is 26.4 Å². The summed E-state index contributed by atoms with van der Waals surface area (Å²) in [5.74, 6) is -2.41. The lowest BCUT2D eigenvalue weighted by atomic mass is 10.0. The van der Waals surface area contributed by atoms with Gasteiger partial charge in [-0.1, -0.05) is 0 Å². The Morgan fingerprint density at radius 3 is 2.27 bits per heavy atom. The van der Waals surface area contributed by atoms with Gasteiger partial charge in [0.25, 0.3) is 0 Å². The number of nitrogens with two attached hydrogens (primary N) is 1. The summed E-state index contributed by atoms with van der Waals surface area (Å²) >= 11 is 0. The molecule has 0 fully saturated rings. The van der Waals surface area contributed by atoms with E-state index in [1.54, 1.807) is 0 Å². The molecule has 6 nitrogen and oxygen atoms in total. The van der Waals surface area contributed by atoms with Crippen LogP contribution < -0.4 is 5.73 Å². The molecular weight excluding hydrogens is 202 g/mol. The molecular formula is C9H11NO5. The van der Waals surface area contributed by atoms with Crippen LogP contribution in [0, 0.1) is 0 Å². The van der Waals surface area contributed by atoms with Gasteiger partial charge in [0.2, 0.25) is 0 Å². The Labute approximate surface area is 85.2 Å². The Bertz CT molecular complexity index is 390. The first kappa shape index (κ1) is 11.1. The molecule has 0 aromatic heterocycles. The minimum absolute atomic E-state index is 0.0766. The van der Waals surface area contributed by atoms with Crippen molar-refractivity contribution in [3.05, 3.63) is 17.7 Å². The molecule has 0 aliphatic rings. The van der Waals surface area contributed by atoms with Gasteiger partial charge in [-0.2, -0.15) is 0 Å². The van der Waals surface area contributed by atoms with E-state index in [0.29, 0.717) is 0 Å². The smallest absolute Gasteiger partial charge is 0.305 e. The van der Waals surface area contributed by atoms with Crippen LogP contribution in [0.2, 0.25) is 0 Å². The molecule has 0 radical (unpaired) electrons. The third-order valence-electron chi connectivity index (χ3n) is 1.92. The Kier molecular flexibility index (Phi) is 3.01. The quantitative estimate of drug-likeness (QED) is 0.363. The van der Waals surface area contributed by atoms with Gasteiger partial charge in [-0.3, -0.25) is 4.79 Å². The van der Waals surface area contributed by atoms with Crippen molar-refractivity contribution in [1.82, 2.24) is 0 Å². The number of carbonyl (C=O) groups is 1. The first-order chi connectivity index (χ1) is 6.91. The number of benzene rings is 1. The minimum Gasteiger partial charge on any atom is -0.507 e. The molecule has 82 valence electrons. The second-order valence-corrected chi connectivity index (χ2v) is 3.10. The average Bonchev–Trinajstić information content (AvgIpc) is 2.09. The molecule has 0 unspecified atom stereocenters. The van der Waals surface area contributed by atoms with E-state index in [1.807, 2.05) is 0 Å². The number of aromatic hydroxyl groups is 3. The van der Waals surface area contributed by atoms with Crippen LogP contribution in [-0.2, 0) is 4.79 Å². The standard InChI is InChI=1S/C9H11NO5/c10-5(2-9(14)15)4-1-7(12)8(13)3-6(4)11/h1,3,5,11-13H,2,10H2,(H,14,15)/t5-/m0/s1. The molecule has 1 aromatic rings. The number of hydrogen-bond acceptors (Lipinski definition) is 5. The Morgan fingerprint density at radius 2 is 1.73 bits per heavy atom. The van der Waals surface area contributed by atoms with E-state index in [-0.39, 0.29) is 17.7 Å². The van der Waals surface area contributed by atoms with Crippen molar-refractivity contribution < 1.29 is 25.2 Å². The molecule has 0 spiro atoms. The minimum atomic E-state index is -1.12. The number of rotatable bonds is 3. The molecule has 1 rings (SSSR count). The van der Waals surface area contributed by atoms with E-state index in [1.165, 1.54) is 0 Å². The lowest BCUT2D eigenvalue weighted by Gasteiger charge is -2.12. The van der Waals surface area contributed by atoms with Gasteiger partial charge < -0.3 is 26.2 Å². The third kappa shape index (κ3) is 2.50. The number of phenolic OH excluding ortho intramolecular Hbond substituents is 3. The number of phenols is 3. The average molecular weight is 213 g/mol. The van der Waals surface area contributed by atoms with Gasteiger partial charge in [0.15, 0.2) is 11.5 Å². The highest BCUT2D eigenvalue weighted by Gasteiger charge is 2.16. The molecule has 0 aliphatic carbocycles. The zero-order valence-electron chi connectivity index (χ0n) is 7.71. The molecule has 0 heterocycles. The lowest BCUT2D eigenvalue weighted by molar-refractivity contribution is -0.137. The van der Waals surface area contributed by atoms with Crippen molar-refractivity contribution in [2.45, 2.75) is 12.5 Å². The van der Waals surface area contributed by atoms with Gasteiger partial charge in [-0.05, 0) is 6.07 Å². The topological polar surface area (TPSA) is 124 Å². The molecule has 0 saturated heterocycles. The van der Waals surface area contributed by atoms with Crippen molar-refractivity contribution in [2.24, 2.45) is 5.73 Å². The zero-order valence-corrected chi connectivity index (χ0v) is 7.71. The predicted molar refractivity (Wildman–Crippen MR) is 50.6 cm³/mol. The predicted octanol–water partition coefficient (Wildman–Crippen LogP) is 0.278. The molecule has 0 aliphatic heterocycles. The largest absolute Gasteiger partial charge is 0.507 e. The maximum Gasteiger partial charge on any atom is 0.305 e. The molecule has 0 bridgehead atoms. The number of carboxylic acid groups (broad SMARTS) is 1. The summed E-state index contributed by atoms with van der Waals surface area (Å²) in [6.45, 7) is 0. The first-order valence-corrected chi connectivity index (χ1v) is 4.14. The van der Waals surface area contributed by atoms with E-state index in [4.69, 9.17) is 21.1 Å². The van der Waals surface area contributed by atoms with Crippen molar-refractivity contribution in [3.63, 3.8) is 0 Å². The summed E-state index contributed by atoms with van der Waals surface area (Å²) in [6.07, 6.45) is -0.377. The fourth-order valence-electron chi connectivity index (χ4n) is 1.18. The van der Waals surface area contributed by atoms with Gasteiger partial charge in [-0.25, -0.2) is 0 Å². The summed E-state index contributed by atoms with van der Waals surface area (Å²) in [4.78, 5) is 10.4. The number of aliphatic carboxylic acids is 1. The third-order valence-corrected chi connectivity index (χ3v) is 1.92. The SMILES string of the molecule is N[C@@H](CC(=O)O)c1cc(O)c(O)cc1O. The zero-order chi connectivity index (χ0) is 11.6. The summed E-state index contributed by atoms with van der Waals surface area (Å²) in [5, 5.41) is 36.0. The molecule has 15 heavy (non-hydrogen) atoms. The summed E-state index contributed by atoms with van der Waals surface area (Å²) in [7, 11) is 0. The van der Waals surface area contributed by atoms with Gasteiger partial charge in [-0.15, -0.1) is 0 Å². The fourth-order valence-corrected chi connectivity index (χ4v) is 1.18. The van der Waals surface area contributed by atoms with Gasteiger partial charge in [0.1, 0.15) is 5.75 Å². The molecule has 1 aromatic carbocycles. The first-order valence-electron chi connectivity index (χ1n) is 4.14. The van der Waals surface area contributed by atoms with Crippen molar-refractivity contribution in [2.75, 3.05) is 0 Å². The highest BCUT2D eigenvalue weighted by Crippen LogP contribution is 2.35. The molecule has 6 N–H and O–H groups in total. The Hall–Kier alpha value is -1.95. The van der Waals surface area contributed by atoms with Gasteiger partial charge in [0.05, 0.1) is 6.42 Å². The van der Waals surface area contributed by atoms with Crippen molar-refractivity contribution in [3.8, 4) is 17.2 Å². The van der Waals surface area contributed by atoms with Crippen LogP contribution in [0.4, 0.5) is 0 Å². The number of carboxylic acids is 1. The van der Waals surface area contributed by atoms with Crippen LogP contribution >= 0.6 is 0 Å². The number of hydrogen-bond donors (Lipinski definition) is 5.